The summed E-state index contributed by atoms with van der Waals surface area (Å²) in [5.41, 5.74) is 7.11. The zero-order valence-corrected chi connectivity index (χ0v) is 19.8. The topological polar surface area (TPSA) is 21.6 Å². The monoisotopic (exact) mass is 429 g/mol. The molecule has 2 heteroatoms. The minimum atomic E-state index is 0.389. The molecule has 0 radical (unpaired) electrons. The van der Waals surface area contributed by atoms with Gasteiger partial charge in [-0.1, -0.05) is 62.5 Å². The van der Waals surface area contributed by atoms with Gasteiger partial charge in [0.25, 0.3) is 0 Å². The van der Waals surface area contributed by atoms with E-state index in [1.54, 1.807) is 5.57 Å². The molecule has 2 fully saturated rings. The van der Waals surface area contributed by atoms with Crippen LogP contribution in [-0.4, -0.2) is 12.3 Å². The van der Waals surface area contributed by atoms with Gasteiger partial charge in [-0.05, 0) is 92.5 Å². The molecule has 1 aromatic rings. The van der Waals surface area contributed by atoms with Gasteiger partial charge in [0.05, 0.1) is 6.10 Å². The Morgan fingerprint density at radius 1 is 0.938 bits per heavy atom. The molecule has 0 bridgehead atoms. The zero-order valence-electron chi connectivity index (χ0n) is 19.8. The molecule has 170 valence electrons. The average molecular weight is 430 g/mol. The number of fused-ring (bicyclic) bond motifs is 1. The Balaban J connectivity index is 1.50. The quantitative estimate of drug-likeness (QED) is 0.460. The summed E-state index contributed by atoms with van der Waals surface area (Å²) in [5, 5.41) is 0. The van der Waals surface area contributed by atoms with Crippen molar-refractivity contribution < 1.29 is 4.74 Å². The molecule has 1 aliphatic heterocycles. The van der Waals surface area contributed by atoms with Gasteiger partial charge in [-0.2, -0.15) is 0 Å². The number of hydrogen-bond donors (Lipinski definition) is 0. The molecule has 4 aliphatic rings. The van der Waals surface area contributed by atoms with E-state index in [9.17, 15) is 0 Å². The van der Waals surface area contributed by atoms with Crippen LogP contribution in [-0.2, 0) is 0 Å². The highest BCUT2D eigenvalue weighted by atomic mass is 16.5. The first-order chi connectivity index (χ1) is 15.8. The SMILES string of the molecule is CCC1=C2N=CC(c3cccc(OC4CCCCC4)c3)=C(C3CCCCC3)CC2CC=C1. The first kappa shape index (κ1) is 21.7. The number of allylic oxidation sites excluding steroid dienone is 6. The van der Waals surface area contributed by atoms with Gasteiger partial charge < -0.3 is 4.74 Å². The Hall–Kier alpha value is -2.09. The fourth-order valence-electron chi connectivity index (χ4n) is 6.30. The smallest absolute Gasteiger partial charge is 0.120 e. The lowest BCUT2D eigenvalue weighted by Crippen LogP contribution is -2.19. The highest BCUT2D eigenvalue weighted by molar-refractivity contribution is 6.12. The van der Waals surface area contributed by atoms with Gasteiger partial charge >= 0.3 is 0 Å². The van der Waals surface area contributed by atoms with E-state index in [-0.39, 0.29) is 0 Å². The van der Waals surface area contributed by atoms with E-state index in [0.717, 1.165) is 25.0 Å². The van der Waals surface area contributed by atoms with E-state index >= 15 is 0 Å². The summed E-state index contributed by atoms with van der Waals surface area (Å²) >= 11 is 0. The number of rotatable bonds is 5. The lowest BCUT2D eigenvalue weighted by molar-refractivity contribution is 0.155. The van der Waals surface area contributed by atoms with Crippen LogP contribution in [0, 0.1) is 11.8 Å². The summed E-state index contributed by atoms with van der Waals surface area (Å²) in [7, 11) is 0. The summed E-state index contributed by atoms with van der Waals surface area (Å²) < 4.78 is 6.44. The van der Waals surface area contributed by atoms with Gasteiger partial charge in [0.1, 0.15) is 5.75 Å². The van der Waals surface area contributed by atoms with Gasteiger partial charge in [-0.25, -0.2) is 0 Å². The molecular weight excluding hydrogens is 390 g/mol. The molecule has 2 saturated carbocycles. The van der Waals surface area contributed by atoms with E-state index in [2.05, 4.69) is 49.6 Å². The first-order valence-corrected chi connectivity index (χ1v) is 13.3. The maximum absolute atomic E-state index is 6.44. The highest BCUT2D eigenvalue weighted by Crippen LogP contribution is 2.43. The van der Waals surface area contributed by atoms with E-state index in [0.29, 0.717) is 17.9 Å². The number of aliphatic imine (C=N–C) groups is 1. The molecule has 3 aliphatic carbocycles. The molecular formula is C30H39NO. The lowest BCUT2D eigenvalue weighted by Gasteiger charge is -2.29. The van der Waals surface area contributed by atoms with Crippen LogP contribution in [0.5, 0.6) is 5.75 Å². The van der Waals surface area contributed by atoms with Crippen LogP contribution in [0.25, 0.3) is 5.57 Å². The fourth-order valence-corrected chi connectivity index (χ4v) is 6.30. The molecule has 5 rings (SSSR count). The van der Waals surface area contributed by atoms with Crippen LogP contribution < -0.4 is 4.74 Å². The van der Waals surface area contributed by atoms with E-state index < -0.39 is 0 Å². The minimum Gasteiger partial charge on any atom is -0.490 e. The molecule has 1 atom stereocenters. The molecule has 2 nitrogen and oxygen atoms in total. The third-order valence-corrected chi connectivity index (χ3v) is 8.08. The third-order valence-electron chi connectivity index (χ3n) is 8.08. The van der Waals surface area contributed by atoms with Crippen LogP contribution >= 0.6 is 0 Å². The summed E-state index contributed by atoms with van der Waals surface area (Å²) in [6.45, 7) is 2.26. The molecule has 0 aromatic heterocycles. The van der Waals surface area contributed by atoms with Crippen LogP contribution in [0.1, 0.15) is 96.0 Å². The second kappa shape index (κ2) is 10.2. The van der Waals surface area contributed by atoms with Crippen LogP contribution in [0.2, 0.25) is 0 Å². The van der Waals surface area contributed by atoms with E-state index in [4.69, 9.17) is 9.73 Å². The average Bonchev–Trinajstić information content (AvgIpc) is 3.05. The van der Waals surface area contributed by atoms with Crippen LogP contribution in [0.3, 0.4) is 0 Å². The Labute approximate surface area is 194 Å². The van der Waals surface area contributed by atoms with E-state index in [1.165, 1.54) is 86.6 Å². The summed E-state index contributed by atoms with van der Waals surface area (Å²) in [6, 6.07) is 8.90. The molecule has 1 heterocycles. The zero-order chi connectivity index (χ0) is 21.8. The Kier molecular flexibility index (Phi) is 6.95. The van der Waals surface area contributed by atoms with Crippen molar-refractivity contribution in [3.63, 3.8) is 0 Å². The summed E-state index contributed by atoms with van der Waals surface area (Å²) in [5.74, 6) is 2.29. The molecule has 0 N–H and O–H groups in total. The largest absolute Gasteiger partial charge is 0.490 e. The Morgan fingerprint density at radius 2 is 1.72 bits per heavy atom. The molecule has 1 unspecified atom stereocenters. The van der Waals surface area contributed by atoms with Gasteiger partial charge in [-0.3, -0.25) is 4.99 Å². The Bertz CT molecular complexity index is 922. The maximum Gasteiger partial charge on any atom is 0.120 e. The molecule has 0 saturated heterocycles. The number of ether oxygens (including phenoxy) is 1. The molecule has 32 heavy (non-hydrogen) atoms. The Morgan fingerprint density at radius 3 is 2.50 bits per heavy atom. The van der Waals surface area contributed by atoms with Crippen molar-refractivity contribution in [1.29, 1.82) is 0 Å². The standard InChI is InChI=1S/C30H39NO/c1-2-22-13-9-15-25-20-28(23-11-5-3-6-12-23)29(21-31-30(22)25)24-14-10-18-27(19-24)32-26-16-7-4-8-17-26/h9-10,13-14,18-19,21,23,25-26H,2-8,11-12,15-17,20H2,1H3. The molecule has 1 aromatic carbocycles. The minimum absolute atomic E-state index is 0.389. The van der Waals surface area contributed by atoms with Crippen molar-refractivity contribution in [1.82, 2.24) is 0 Å². The van der Waals surface area contributed by atoms with Crippen molar-refractivity contribution in [2.75, 3.05) is 0 Å². The predicted molar refractivity (Wildman–Crippen MR) is 135 cm³/mol. The van der Waals surface area contributed by atoms with Crippen molar-refractivity contribution in [3.8, 4) is 5.75 Å². The number of nitrogens with zero attached hydrogens (tertiary/aromatic N) is 1. The van der Waals surface area contributed by atoms with E-state index in [1.807, 2.05) is 0 Å². The second-order valence-corrected chi connectivity index (χ2v) is 10.2. The summed E-state index contributed by atoms with van der Waals surface area (Å²) in [4.78, 5) is 5.15. The third kappa shape index (κ3) is 4.80. The van der Waals surface area contributed by atoms with Gasteiger partial charge in [0.15, 0.2) is 0 Å². The molecule has 0 spiro atoms. The van der Waals surface area contributed by atoms with Crippen LogP contribution in [0.15, 0.2) is 58.3 Å². The van der Waals surface area contributed by atoms with Crippen molar-refractivity contribution in [2.45, 2.75) is 96.5 Å². The maximum atomic E-state index is 6.44. The van der Waals surface area contributed by atoms with Gasteiger partial charge in [0.2, 0.25) is 0 Å². The summed E-state index contributed by atoms with van der Waals surface area (Å²) in [6.07, 6.45) is 23.8. The molecule has 0 amide bonds. The van der Waals surface area contributed by atoms with Crippen molar-refractivity contribution >= 4 is 11.8 Å². The van der Waals surface area contributed by atoms with Gasteiger partial charge in [-0.15, -0.1) is 0 Å². The first-order valence-electron chi connectivity index (χ1n) is 13.3. The number of hydrogen-bond acceptors (Lipinski definition) is 2. The lowest BCUT2D eigenvalue weighted by atomic mass is 9.76. The highest BCUT2D eigenvalue weighted by Gasteiger charge is 2.29. The number of benzene rings is 1. The van der Waals surface area contributed by atoms with Crippen molar-refractivity contribution in [3.05, 3.63) is 58.8 Å². The van der Waals surface area contributed by atoms with Crippen molar-refractivity contribution in [2.24, 2.45) is 16.8 Å². The van der Waals surface area contributed by atoms with Gasteiger partial charge in [0, 0.05) is 17.8 Å². The normalized spacial score (nSPS) is 25.1. The second-order valence-electron chi connectivity index (χ2n) is 10.2. The van der Waals surface area contributed by atoms with Crippen LogP contribution in [0.4, 0.5) is 0 Å². The fraction of sp³-hybridized carbons (Fsp3) is 0.567. The predicted octanol–water partition coefficient (Wildman–Crippen LogP) is 8.45.